The molecule has 7 N–H and O–H groups in total. The number of carboxylic acids is 1. The van der Waals surface area contributed by atoms with Gasteiger partial charge in [0.1, 0.15) is 40.7 Å². The Hall–Kier alpha value is -15.9. The van der Waals surface area contributed by atoms with Crippen molar-refractivity contribution in [2.75, 3.05) is 93.8 Å². The smallest absolute Gasteiger partial charge is 0.339 e. The van der Waals surface area contributed by atoms with Crippen molar-refractivity contribution in [3.8, 4) is 56.9 Å². The van der Waals surface area contributed by atoms with Gasteiger partial charge in [0.15, 0.2) is 23.7 Å². The minimum Gasteiger partial charge on any atom is -0.494 e. The molecule has 35 heteroatoms. The Balaban J connectivity index is 0.000000215. The number of nitro benzene ring substituents is 2. The number of aromatic carboxylic acids is 1. The van der Waals surface area contributed by atoms with E-state index >= 15 is 0 Å². The fourth-order valence-electron chi connectivity index (χ4n) is 10.3. The number of morpholine rings is 2. The number of aliphatic imine (C=N–C) groups is 1. The van der Waals surface area contributed by atoms with E-state index in [9.17, 15) is 54.1 Å². The topological polar surface area (TPSA) is 460 Å². The molecule has 0 radical (unpaired) electrons. The fraction of sp³-hybridized carbons (Fsp3) is 0.182. The number of methoxy groups -OCH3 is 2. The summed E-state index contributed by atoms with van der Waals surface area (Å²) in [7, 11) is 2.87. The second-order valence-electron chi connectivity index (χ2n) is 23.8. The molecule has 0 unspecified atom stereocenters. The summed E-state index contributed by atoms with van der Waals surface area (Å²) >= 11 is 0. The van der Waals surface area contributed by atoms with Gasteiger partial charge in [0.05, 0.1) is 134 Å². The first-order valence-corrected chi connectivity index (χ1v) is 35.4. The number of amides is 1. The number of benzene rings is 8. The molecule has 2 saturated heterocycles. The number of primary amides is 1. The highest BCUT2D eigenvalue weighted by Crippen LogP contribution is 2.42. The van der Waals surface area contributed by atoms with Crippen molar-refractivity contribution in [3.05, 3.63) is 303 Å². The van der Waals surface area contributed by atoms with Crippen molar-refractivity contribution in [2.24, 2.45) is 10.7 Å². The lowest BCUT2D eigenvalue weighted by atomic mass is 10.1. The summed E-state index contributed by atoms with van der Waals surface area (Å²) in [4.78, 5) is 112. The van der Waals surface area contributed by atoms with E-state index < -0.39 is 221 Å². The number of nitrogens with zero attached hydrogens (tertiary/aromatic N) is 14. The molecule has 35 nitrogen and oxygen atoms in total. The Bertz CT molecular complexity index is 7430. The Morgan fingerprint density at radius 3 is 1.39 bits per heavy atom. The summed E-state index contributed by atoms with van der Waals surface area (Å²) in [5, 5.41) is 63.3. The lowest BCUT2D eigenvalue weighted by molar-refractivity contribution is -0.384. The van der Waals surface area contributed by atoms with Crippen LogP contribution in [-0.2, 0) is 35.2 Å². The van der Waals surface area contributed by atoms with Gasteiger partial charge in [-0.1, -0.05) is 187 Å². The Morgan fingerprint density at radius 1 is 0.593 bits per heavy atom. The molecule has 2 aliphatic heterocycles. The maximum Gasteiger partial charge on any atom is 0.339 e. The Kier molecular flexibility index (Phi) is 21.5. The highest BCUT2D eigenvalue weighted by molar-refractivity contribution is 6.00. The zero-order valence-electron chi connectivity index (χ0n) is 96.4. The van der Waals surface area contributed by atoms with E-state index in [1.165, 1.54) is 100 Å². The minimum atomic E-state index is -1.30. The molecule has 0 spiro atoms. The van der Waals surface area contributed by atoms with Gasteiger partial charge < -0.3 is 60.1 Å². The molecule has 0 saturated carbocycles. The van der Waals surface area contributed by atoms with Gasteiger partial charge in [-0.25, -0.2) is 24.1 Å². The number of H-pyrrole nitrogens is 1. The number of aliphatic hydroxyl groups is 1. The maximum atomic E-state index is 12.0. The second kappa shape index (κ2) is 46.9. The summed E-state index contributed by atoms with van der Waals surface area (Å²) in [5.41, 5.74) is 4.92. The van der Waals surface area contributed by atoms with Gasteiger partial charge in [0.25, 0.3) is 11.4 Å². The third-order valence-corrected chi connectivity index (χ3v) is 15.7. The number of carbonyl (C=O) groups is 6. The molecule has 0 bridgehead atoms. The summed E-state index contributed by atoms with van der Waals surface area (Å²) < 4.78 is 264. The van der Waals surface area contributed by atoms with Gasteiger partial charge in [-0.15, -0.1) is 0 Å². The van der Waals surface area contributed by atoms with Crippen LogP contribution < -0.4 is 35.6 Å². The first-order chi connectivity index (χ1) is 72.4. The molecule has 2 aliphatic rings. The summed E-state index contributed by atoms with van der Waals surface area (Å²) in [6.45, 7) is 7.94. The number of nitro groups is 2. The number of nitrogens with two attached hydrogens (primary N) is 1. The number of aromatic nitrogens is 10. The predicted octanol–water partition coefficient (Wildman–Crippen LogP) is 13.4. The van der Waals surface area contributed by atoms with Crippen LogP contribution in [0.2, 0.25) is 0 Å². The number of hydrogen-bond acceptors (Lipinski definition) is 28. The monoisotopic (exact) mass is 1700 g/mol. The molecule has 1 amide bonds. The van der Waals surface area contributed by atoms with Crippen LogP contribution in [0.1, 0.15) is 112 Å². The van der Waals surface area contributed by atoms with Crippen molar-refractivity contribution in [3.63, 3.8) is 0 Å². The number of Topliss-reactive ketones (excluding diaryl/α,β-unsaturated/α-hetero) is 1. The second-order valence-corrected chi connectivity index (χ2v) is 23.8. The van der Waals surface area contributed by atoms with Crippen LogP contribution >= 0.6 is 0 Å². The number of aromatic amines is 1. The van der Waals surface area contributed by atoms with Crippen LogP contribution in [0.5, 0.6) is 11.5 Å². The number of hydrogen-bond donors (Lipinski definition) is 6. The normalized spacial score (nSPS) is 15.4. The zero-order chi connectivity index (χ0) is 115. The lowest BCUT2D eigenvalue weighted by Gasteiger charge is -2.29. The Morgan fingerprint density at radius 2 is 1.00 bits per heavy atom. The number of nitrogens with one attached hydrogen (secondary N) is 3. The standard InChI is InChI=1S/C25H25N7O5.C25H23N7O5.C10H8N2O2.C10H12N2O.C8H8O.C6H6.C4H6O3/c2*1-36-22-14-20(30-9-11-37-12-10-30)21(32(34)35)13-19(22)27-25-26-8-7-23(28-25)31-15-18(16-33)24(29-31)17-5-3-2-4-6-17;13-10(14)8-6-11-12-9(8)7-4-2-1-3-5-7;1-8(12-7-10(11)13)9-5-3-2-4-6-9;1-7(9)8-5-3-2-4-6-8;1-2-4-6-5-3-1;1-3(5)7-4(2)6/h2-8,13-15,33H,9-12,16H2,1H3,(H,26,27,28);2-8,13-16H,9-12H2,1H3,(H,26,27,28);1-6H,(H,11,12)(H,13,14);2-6H,7H2,1H3,(H2,11,13);2-6H,1H3;1-6H;1-2H3/i2*2D,3D,4D,5D,6D;1D,2D,3D,4D,5D;2*2D,3D,4D,5D,6D;1D,2D,3D,4D,5D,6D;. The first-order valence-electron chi connectivity index (χ1n) is 50.9. The highest BCUT2D eigenvalue weighted by atomic mass is 16.6. The number of esters is 2. The van der Waals surface area contributed by atoms with Crippen LogP contribution in [0.25, 0.3) is 45.4 Å². The van der Waals surface area contributed by atoms with Gasteiger partial charge in [0.2, 0.25) is 17.8 Å². The van der Waals surface area contributed by atoms with Crippen LogP contribution in [0.3, 0.4) is 0 Å². The average molecular weight is 1700 g/mol. The van der Waals surface area contributed by atoms with Crippen molar-refractivity contribution in [1.82, 2.24) is 49.7 Å². The number of carbonyl (C=O) groups excluding carboxylic acids is 5. The van der Waals surface area contributed by atoms with E-state index in [4.69, 9.17) is 72.3 Å². The Labute approximate surface area is 749 Å². The number of carboxylic acid groups (broad SMARTS) is 1. The van der Waals surface area contributed by atoms with Gasteiger partial charge in [-0.2, -0.15) is 25.3 Å². The molecule has 8 aromatic carbocycles. The fourth-order valence-corrected chi connectivity index (χ4v) is 10.3. The van der Waals surface area contributed by atoms with Crippen molar-refractivity contribution in [2.45, 2.75) is 34.3 Å². The predicted molar refractivity (Wildman–Crippen MR) is 461 cm³/mol. The minimum absolute atomic E-state index is 0.00128. The largest absolute Gasteiger partial charge is 0.494 e. The average Bonchev–Trinajstić information content (AvgIpc) is 1.57. The number of ether oxygens (including phenoxy) is 5. The van der Waals surface area contributed by atoms with Crippen LogP contribution in [0, 0.1) is 20.2 Å². The number of anilines is 6. The molecule has 13 aromatic rings. The van der Waals surface area contributed by atoms with E-state index in [0.29, 0.717) is 81.8 Å². The lowest BCUT2D eigenvalue weighted by Crippen LogP contribution is -2.36. The molecule has 0 atom stereocenters. The molecule has 2 fully saturated rings. The van der Waals surface area contributed by atoms with Crippen molar-refractivity contribution in [1.29, 1.82) is 0 Å². The highest BCUT2D eigenvalue weighted by Gasteiger charge is 2.28. The summed E-state index contributed by atoms with van der Waals surface area (Å²) in [5.74, 6) is -2.54. The maximum absolute atomic E-state index is 12.0. The quantitative estimate of drug-likeness (QED) is 0.00698. The first kappa shape index (κ1) is 56.5. The molecular formula is C88H88N18O17. The third kappa shape index (κ3) is 27.3. The molecule has 123 heavy (non-hydrogen) atoms. The molecular weight excluding hydrogens is 1580 g/mol. The zero-order valence-corrected chi connectivity index (χ0v) is 65.4. The number of aliphatic hydroxyl groups excluding tert-OH is 1. The van der Waals surface area contributed by atoms with Gasteiger partial charge >= 0.3 is 17.9 Å². The summed E-state index contributed by atoms with van der Waals surface area (Å²) in [6.07, 6.45) is 7.01. The SMILES string of the molecule is CC(=O)OC(C)=O.[2H]c1c([2H])c([2H])c(-c2[nH]ncc2C(=O)O)c([2H])c1[2H].[2H]c1c([2H])c([2H])c(-c2nn(-c3ccnc(Nc4cc([N+](=O)[O-])c(N5CCOCC5)cc4OC)n3)cc2C=O)c([2H])c1[2H].[2H]c1c([2H])c([2H])c(-c2nn(-c3ccnc(Nc4cc([N+](=O)[O-])c(N5CCOCC5)cc4OC)n3)cc2CO)c([2H])c1[2H].[2H]c1c([2H])c([2H])c(C(C)=NCC(N)=O)c([2H])c1[2H].[2H]c1c([2H])c([2H])c(C(C)=O)c([2H])c1[2H].[2H]c1c([2H])c([2H])c([2H])c([2H])c1[2H]. The van der Waals surface area contributed by atoms with E-state index in [0.717, 1.165) is 6.20 Å². The van der Waals surface area contributed by atoms with E-state index in [2.05, 4.69) is 60.7 Å². The van der Waals surface area contributed by atoms with Gasteiger partial charge in [-0.05, 0) is 19.4 Å². The third-order valence-electron chi connectivity index (χ3n) is 15.7. The van der Waals surface area contributed by atoms with Crippen molar-refractivity contribution < 1.29 is 115 Å². The molecule has 632 valence electrons. The van der Waals surface area contributed by atoms with E-state index in [1.807, 2.05) is 9.80 Å². The van der Waals surface area contributed by atoms with Crippen LogP contribution in [-0.4, -0.2) is 185 Å². The molecule has 5 aromatic heterocycles. The molecule has 15 rings (SSSR count). The van der Waals surface area contributed by atoms with Gasteiger partial charge in [-0.3, -0.25) is 54.3 Å². The van der Waals surface area contributed by atoms with E-state index in [-0.39, 0.29) is 132 Å². The van der Waals surface area contributed by atoms with Crippen molar-refractivity contribution >= 4 is 87.6 Å². The summed E-state index contributed by atoms with van der Waals surface area (Å²) in [6, 6.07) is -6.03. The van der Waals surface area contributed by atoms with Crippen LogP contribution in [0.4, 0.5) is 46.0 Å². The number of rotatable bonds is 22. The molecule has 0 aliphatic carbocycles. The number of aldehydes is 1. The molecule has 7 heterocycles. The number of ketones is 1. The van der Waals surface area contributed by atoms with E-state index in [1.54, 1.807) is 12.1 Å². The van der Waals surface area contributed by atoms with Crippen LogP contribution in [0.15, 0.2) is 260 Å². The van der Waals surface area contributed by atoms with Gasteiger partial charge in [0, 0.05) is 135 Å².